The summed E-state index contributed by atoms with van der Waals surface area (Å²) in [7, 11) is 0. The van der Waals surface area contributed by atoms with E-state index in [0.717, 1.165) is 12.0 Å². The third kappa shape index (κ3) is 4.48. The van der Waals surface area contributed by atoms with Crippen LogP contribution >= 0.6 is 23.2 Å². The summed E-state index contributed by atoms with van der Waals surface area (Å²) in [6.07, 6.45) is 1.09. The quantitative estimate of drug-likeness (QED) is 0.875. The van der Waals surface area contributed by atoms with Crippen molar-refractivity contribution in [3.8, 4) is 0 Å². The van der Waals surface area contributed by atoms with Crippen LogP contribution in [0.3, 0.4) is 0 Å². The van der Waals surface area contributed by atoms with Crippen molar-refractivity contribution in [1.82, 2.24) is 4.90 Å². The molecule has 0 spiro atoms. The van der Waals surface area contributed by atoms with E-state index in [1.54, 1.807) is 23.1 Å². The zero-order valence-electron chi connectivity index (χ0n) is 10.3. The van der Waals surface area contributed by atoms with Crippen LogP contribution in [-0.4, -0.2) is 35.6 Å². The molecule has 0 saturated carbocycles. The first-order valence-corrected chi connectivity index (χ1v) is 6.66. The van der Waals surface area contributed by atoms with E-state index in [4.69, 9.17) is 28.3 Å². The largest absolute Gasteiger partial charge is 0.395 e. The number of nitrogens with zero attached hydrogens (tertiary/aromatic N) is 1. The molecule has 0 aliphatic carbocycles. The number of benzene rings is 1. The van der Waals surface area contributed by atoms with Crippen LogP contribution < -0.4 is 0 Å². The Balaban J connectivity index is 2.72. The number of carbonyl (C=O) groups excluding carboxylic acids is 1. The Kier molecular flexibility index (Phi) is 6.47. The maximum absolute atomic E-state index is 12.1. The predicted octanol–water partition coefficient (Wildman–Crippen LogP) is 2.77. The van der Waals surface area contributed by atoms with Crippen molar-refractivity contribution < 1.29 is 9.90 Å². The van der Waals surface area contributed by atoms with Gasteiger partial charge in [-0.15, -0.1) is 0 Å². The molecule has 0 saturated heterocycles. The molecule has 18 heavy (non-hydrogen) atoms. The topological polar surface area (TPSA) is 40.5 Å². The Morgan fingerprint density at radius 2 is 2.06 bits per heavy atom. The van der Waals surface area contributed by atoms with Crippen molar-refractivity contribution in [3.63, 3.8) is 0 Å². The first-order chi connectivity index (χ1) is 8.58. The number of rotatable bonds is 6. The summed E-state index contributed by atoms with van der Waals surface area (Å²) in [5.41, 5.74) is 0.755. The number of halogens is 2. The molecule has 0 bridgehead atoms. The maximum Gasteiger partial charge on any atom is 0.227 e. The van der Waals surface area contributed by atoms with Crippen LogP contribution in [0, 0.1) is 0 Å². The van der Waals surface area contributed by atoms with Gasteiger partial charge in [0, 0.05) is 23.1 Å². The second kappa shape index (κ2) is 7.62. The molecule has 0 heterocycles. The Bertz CT molecular complexity index is 404. The van der Waals surface area contributed by atoms with Gasteiger partial charge in [0.2, 0.25) is 5.91 Å². The molecular formula is C13H17Cl2NO2. The molecule has 1 aromatic rings. The van der Waals surface area contributed by atoms with Crippen molar-refractivity contribution in [1.29, 1.82) is 0 Å². The summed E-state index contributed by atoms with van der Waals surface area (Å²) in [5.74, 6) is -0.0323. The maximum atomic E-state index is 12.1. The molecular weight excluding hydrogens is 273 g/mol. The van der Waals surface area contributed by atoms with Crippen molar-refractivity contribution >= 4 is 29.1 Å². The van der Waals surface area contributed by atoms with Gasteiger partial charge >= 0.3 is 0 Å². The minimum absolute atomic E-state index is 0.0277. The van der Waals surface area contributed by atoms with Gasteiger partial charge in [-0.05, 0) is 24.1 Å². The van der Waals surface area contributed by atoms with Crippen molar-refractivity contribution in [3.05, 3.63) is 33.8 Å². The molecule has 1 amide bonds. The minimum Gasteiger partial charge on any atom is -0.395 e. The lowest BCUT2D eigenvalue weighted by atomic mass is 10.1. The Hall–Kier alpha value is -0.770. The molecule has 5 heteroatoms. The number of aliphatic hydroxyl groups is 1. The zero-order valence-corrected chi connectivity index (χ0v) is 11.8. The summed E-state index contributed by atoms with van der Waals surface area (Å²) >= 11 is 11.8. The Labute approximate surface area is 117 Å². The Morgan fingerprint density at radius 1 is 1.33 bits per heavy atom. The van der Waals surface area contributed by atoms with E-state index < -0.39 is 0 Å². The van der Waals surface area contributed by atoms with Crippen LogP contribution in [0.15, 0.2) is 18.2 Å². The van der Waals surface area contributed by atoms with Gasteiger partial charge in [-0.2, -0.15) is 0 Å². The summed E-state index contributed by atoms with van der Waals surface area (Å²) in [4.78, 5) is 13.7. The van der Waals surface area contributed by atoms with Crippen molar-refractivity contribution in [2.24, 2.45) is 0 Å². The minimum atomic E-state index is -0.0323. The van der Waals surface area contributed by atoms with Crippen LogP contribution in [0.5, 0.6) is 0 Å². The van der Waals surface area contributed by atoms with E-state index in [1.807, 2.05) is 6.92 Å². The molecule has 1 rings (SSSR count). The molecule has 0 fully saturated rings. The standard InChI is InChI=1S/C13H17Cl2NO2/c1-2-5-16(6-7-17)13(18)8-10-3-4-11(14)9-12(10)15/h3-4,9,17H,2,5-8H2,1H3. The first-order valence-electron chi connectivity index (χ1n) is 5.91. The monoisotopic (exact) mass is 289 g/mol. The third-order valence-electron chi connectivity index (χ3n) is 2.57. The highest BCUT2D eigenvalue weighted by atomic mass is 35.5. The smallest absolute Gasteiger partial charge is 0.227 e. The highest BCUT2D eigenvalue weighted by Gasteiger charge is 2.14. The molecule has 3 nitrogen and oxygen atoms in total. The highest BCUT2D eigenvalue weighted by Crippen LogP contribution is 2.21. The first kappa shape index (κ1) is 15.3. The molecule has 0 radical (unpaired) electrons. The fourth-order valence-electron chi connectivity index (χ4n) is 1.69. The summed E-state index contributed by atoms with van der Waals surface area (Å²) in [6.45, 7) is 2.97. The second-order valence-electron chi connectivity index (χ2n) is 4.02. The Morgan fingerprint density at radius 3 is 2.61 bits per heavy atom. The number of carbonyl (C=O) groups is 1. The van der Waals surface area contributed by atoms with Gasteiger partial charge < -0.3 is 10.0 Å². The number of aliphatic hydroxyl groups excluding tert-OH is 1. The fraction of sp³-hybridized carbons (Fsp3) is 0.462. The number of amides is 1. The van der Waals surface area contributed by atoms with Gasteiger partial charge in [-0.3, -0.25) is 4.79 Å². The number of hydrogen-bond acceptors (Lipinski definition) is 2. The molecule has 100 valence electrons. The fourth-order valence-corrected chi connectivity index (χ4v) is 2.17. The second-order valence-corrected chi connectivity index (χ2v) is 4.86. The molecule has 1 N–H and O–H groups in total. The molecule has 0 aromatic heterocycles. The van der Waals surface area contributed by atoms with E-state index in [0.29, 0.717) is 23.1 Å². The lowest BCUT2D eigenvalue weighted by molar-refractivity contribution is -0.131. The van der Waals surface area contributed by atoms with Gasteiger partial charge in [-0.25, -0.2) is 0 Å². The predicted molar refractivity (Wildman–Crippen MR) is 74.1 cm³/mol. The van der Waals surface area contributed by atoms with Gasteiger partial charge in [-0.1, -0.05) is 36.2 Å². The average Bonchev–Trinajstić information content (AvgIpc) is 2.32. The molecule has 0 aliphatic rings. The van der Waals surface area contributed by atoms with Crippen molar-refractivity contribution in [2.45, 2.75) is 19.8 Å². The van der Waals surface area contributed by atoms with Gasteiger partial charge in [0.05, 0.1) is 13.0 Å². The summed E-state index contributed by atoms with van der Waals surface area (Å²) in [6, 6.07) is 5.10. The van der Waals surface area contributed by atoms with E-state index in [-0.39, 0.29) is 18.9 Å². The molecule has 0 atom stereocenters. The lowest BCUT2D eigenvalue weighted by Crippen LogP contribution is -2.35. The van der Waals surface area contributed by atoms with Crippen LogP contribution in [-0.2, 0) is 11.2 Å². The van der Waals surface area contributed by atoms with E-state index in [9.17, 15) is 4.79 Å². The molecule has 1 aromatic carbocycles. The van der Waals surface area contributed by atoms with E-state index in [2.05, 4.69) is 0 Å². The van der Waals surface area contributed by atoms with Gasteiger partial charge in [0.1, 0.15) is 0 Å². The zero-order chi connectivity index (χ0) is 13.5. The molecule has 0 unspecified atom stereocenters. The van der Waals surface area contributed by atoms with Crippen LogP contribution in [0.25, 0.3) is 0 Å². The van der Waals surface area contributed by atoms with E-state index >= 15 is 0 Å². The van der Waals surface area contributed by atoms with Crippen LogP contribution in [0.2, 0.25) is 10.0 Å². The van der Waals surface area contributed by atoms with Crippen LogP contribution in [0.1, 0.15) is 18.9 Å². The summed E-state index contributed by atoms with van der Waals surface area (Å²) in [5, 5.41) is 9.98. The van der Waals surface area contributed by atoms with E-state index in [1.165, 1.54) is 0 Å². The number of hydrogen-bond donors (Lipinski definition) is 1. The van der Waals surface area contributed by atoms with Crippen LogP contribution in [0.4, 0.5) is 0 Å². The third-order valence-corrected chi connectivity index (χ3v) is 3.16. The molecule has 0 aliphatic heterocycles. The van der Waals surface area contributed by atoms with Crippen molar-refractivity contribution in [2.75, 3.05) is 19.7 Å². The summed E-state index contributed by atoms with van der Waals surface area (Å²) < 4.78 is 0. The normalized spacial score (nSPS) is 10.4. The van der Waals surface area contributed by atoms with Gasteiger partial charge in [0.15, 0.2) is 0 Å². The SMILES string of the molecule is CCCN(CCO)C(=O)Cc1ccc(Cl)cc1Cl. The highest BCUT2D eigenvalue weighted by molar-refractivity contribution is 6.35. The average molecular weight is 290 g/mol. The van der Waals surface area contributed by atoms with Gasteiger partial charge in [0.25, 0.3) is 0 Å². The lowest BCUT2D eigenvalue weighted by Gasteiger charge is -2.21.